The second kappa shape index (κ2) is 4.83. The van der Waals surface area contributed by atoms with Crippen LogP contribution in [-0.4, -0.2) is 28.0 Å². The number of benzene rings is 1. The van der Waals surface area contributed by atoms with Gasteiger partial charge in [-0.1, -0.05) is 6.07 Å². The number of hydrogen-bond donors (Lipinski definition) is 4. The van der Waals surface area contributed by atoms with Gasteiger partial charge in [0.25, 0.3) is 0 Å². The van der Waals surface area contributed by atoms with Crippen LogP contribution >= 0.6 is 0 Å². The SMILES string of the molecule is C[C@H](CO)NCc1ccc(O)cc1O. The van der Waals surface area contributed by atoms with E-state index in [1.54, 1.807) is 6.07 Å². The fraction of sp³-hybridized carbons (Fsp3) is 0.400. The lowest BCUT2D eigenvalue weighted by atomic mass is 10.2. The van der Waals surface area contributed by atoms with Gasteiger partial charge < -0.3 is 20.6 Å². The van der Waals surface area contributed by atoms with Crippen LogP contribution in [0.4, 0.5) is 0 Å². The first-order valence-corrected chi connectivity index (χ1v) is 4.48. The van der Waals surface area contributed by atoms with E-state index in [9.17, 15) is 5.11 Å². The first kappa shape index (κ1) is 10.8. The Labute approximate surface area is 82.8 Å². The summed E-state index contributed by atoms with van der Waals surface area (Å²) in [5, 5.41) is 30.2. The summed E-state index contributed by atoms with van der Waals surface area (Å²) in [6.45, 7) is 2.37. The number of aromatic hydroxyl groups is 2. The fourth-order valence-electron chi connectivity index (χ4n) is 1.05. The van der Waals surface area contributed by atoms with Crippen molar-refractivity contribution >= 4 is 0 Å². The molecule has 0 saturated heterocycles. The number of aliphatic hydroxyl groups is 1. The zero-order valence-electron chi connectivity index (χ0n) is 8.07. The number of rotatable bonds is 4. The van der Waals surface area contributed by atoms with Crippen molar-refractivity contribution in [1.29, 1.82) is 0 Å². The molecule has 0 radical (unpaired) electrons. The second-order valence-electron chi connectivity index (χ2n) is 3.28. The van der Waals surface area contributed by atoms with Crippen LogP contribution in [-0.2, 0) is 6.54 Å². The summed E-state index contributed by atoms with van der Waals surface area (Å²) >= 11 is 0. The van der Waals surface area contributed by atoms with E-state index < -0.39 is 0 Å². The van der Waals surface area contributed by atoms with Crippen LogP contribution in [0.1, 0.15) is 12.5 Å². The van der Waals surface area contributed by atoms with Gasteiger partial charge in [0.05, 0.1) is 6.61 Å². The molecule has 0 unspecified atom stereocenters. The predicted molar refractivity (Wildman–Crippen MR) is 53.2 cm³/mol. The standard InChI is InChI=1S/C10H15NO3/c1-7(6-12)11-5-8-2-3-9(13)4-10(8)14/h2-4,7,11-14H,5-6H2,1H3/t7-/m1/s1. The second-order valence-corrected chi connectivity index (χ2v) is 3.28. The average Bonchev–Trinajstić information content (AvgIpc) is 2.16. The largest absolute Gasteiger partial charge is 0.508 e. The molecular weight excluding hydrogens is 182 g/mol. The Bertz CT molecular complexity index is 301. The van der Waals surface area contributed by atoms with Gasteiger partial charge in [-0.25, -0.2) is 0 Å². The normalized spacial score (nSPS) is 12.7. The topological polar surface area (TPSA) is 72.7 Å². The summed E-state index contributed by atoms with van der Waals surface area (Å²) < 4.78 is 0. The Balaban J connectivity index is 2.59. The van der Waals surface area contributed by atoms with Gasteiger partial charge in [0.15, 0.2) is 0 Å². The lowest BCUT2D eigenvalue weighted by Crippen LogP contribution is -2.28. The molecule has 1 rings (SSSR count). The molecule has 0 heterocycles. The predicted octanol–water partition coefficient (Wildman–Crippen LogP) is 0.568. The van der Waals surface area contributed by atoms with Crippen LogP contribution in [0, 0.1) is 0 Å². The molecule has 0 spiro atoms. The van der Waals surface area contributed by atoms with Crippen molar-refractivity contribution in [3.63, 3.8) is 0 Å². The third kappa shape index (κ3) is 2.90. The molecule has 1 aromatic rings. The molecule has 1 aromatic carbocycles. The van der Waals surface area contributed by atoms with Gasteiger partial charge in [-0.15, -0.1) is 0 Å². The number of phenols is 2. The monoisotopic (exact) mass is 197 g/mol. The van der Waals surface area contributed by atoms with E-state index in [0.29, 0.717) is 12.1 Å². The summed E-state index contributed by atoms with van der Waals surface area (Å²) in [7, 11) is 0. The van der Waals surface area contributed by atoms with Crippen molar-refractivity contribution in [2.45, 2.75) is 19.5 Å². The van der Waals surface area contributed by atoms with Crippen LogP contribution in [0.3, 0.4) is 0 Å². The molecule has 1 atom stereocenters. The summed E-state index contributed by atoms with van der Waals surface area (Å²) in [4.78, 5) is 0. The molecule has 4 nitrogen and oxygen atoms in total. The summed E-state index contributed by atoms with van der Waals surface area (Å²) in [5.74, 6) is 0.101. The minimum absolute atomic E-state index is 0.0109. The Morgan fingerprint density at radius 1 is 1.36 bits per heavy atom. The fourth-order valence-corrected chi connectivity index (χ4v) is 1.05. The van der Waals surface area contributed by atoms with E-state index in [1.165, 1.54) is 12.1 Å². The lowest BCUT2D eigenvalue weighted by Gasteiger charge is -2.11. The van der Waals surface area contributed by atoms with Crippen molar-refractivity contribution in [1.82, 2.24) is 5.32 Å². The summed E-state index contributed by atoms with van der Waals surface area (Å²) in [6.07, 6.45) is 0. The van der Waals surface area contributed by atoms with Crippen molar-refractivity contribution in [2.24, 2.45) is 0 Å². The van der Waals surface area contributed by atoms with E-state index >= 15 is 0 Å². The van der Waals surface area contributed by atoms with Crippen molar-refractivity contribution in [3.05, 3.63) is 23.8 Å². The van der Waals surface area contributed by atoms with Crippen LogP contribution in [0.15, 0.2) is 18.2 Å². The summed E-state index contributed by atoms with van der Waals surface area (Å²) in [6, 6.07) is 4.44. The van der Waals surface area contributed by atoms with E-state index in [-0.39, 0.29) is 24.1 Å². The highest BCUT2D eigenvalue weighted by atomic mass is 16.3. The van der Waals surface area contributed by atoms with Gasteiger partial charge in [-0.3, -0.25) is 0 Å². The van der Waals surface area contributed by atoms with Crippen molar-refractivity contribution < 1.29 is 15.3 Å². The molecule has 14 heavy (non-hydrogen) atoms. The van der Waals surface area contributed by atoms with Gasteiger partial charge in [0, 0.05) is 24.2 Å². The molecule has 0 aliphatic rings. The molecule has 0 saturated carbocycles. The number of aliphatic hydroxyl groups excluding tert-OH is 1. The third-order valence-corrected chi connectivity index (χ3v) is 1.98. The smallest absolute Gasteiger partial charge is 0.123 e. The van der Waals surface area contributed by atoms with Crippen LogP contribution < -0.4 is 5.32 Å². The minimum Gasteiger partial charge on any atom is -0.508 e. The van der Waals surface area contributed by atoms with Crippen LogP contribution in [0.25, 0.3) is 0 Å². The Morgan fingerprint density at radius 2 is 2.07 bits per heavy atom. The molecule has 4 N–H and O–H groups in total. The Morgan fingerprint density at radius 3 is 2.64 bits per heavy atom. The zero-order chi connectivity index (χ0) is 10.6. The van der Waals surface area contributed by atoms with E-state index in [0.717, 1.165) is 0 Å². The van der Waals surface area contributed by atoms with E-state index in [4.69, 9.17) is 10.2 Å². The number of nitrogens with one attached hydrogen (secondary N) is 1. The highest BCUT2D eigenvalue weighted by molar-refractivity contribution is 5.38. The van der Waals surface area contributed by atoms with E-state index in [2.05, 4.69) is 5.32 Å². The Kier molecular flexibility index (Phi) is 3.73. The maximum atomic E-state index is 9.41. The minimum atomic E-state index is -0.0109. The zero-order valence-corrected chi connectivity index (χ0v) is 8.07. The summed E-state index contributed by atoms with van der Waals surface area (Å²) in [5.41, 5.74) is 0.697. The van der Waals surface area contributed by atoms with Gasteiger partial charge >= 0.3 is 0 Å². The van der Waals surface area contributed by atoms with Gasteiger partial charge in [-0.05, 0) is 13.0 Å². The molecule has 0 aliphatic carbocycles. The maximum Gasteiger partial charge on any atom is 0.123 e. The van der Waals surface area contributed by atoms with Gasteiger partial charge in [0.1, 0.15) is 11.5 Å². The van der Waals surface area contributed by atoms with Crippen molar-refractivity contribution in [3.8, 4) is 11.5 Å². The molecule has 0 aliphatic heterocycles. The molecule has 4 heteroatoms. The van der Waals surface area contributed by atoms with Crippen molar-refractivity contribution in [2.75, 3.05) is 6.61 Å². The van der Waals surface area contributed by atoms with Gasteiger partial charge in [0.2, 0.25) is 0 Å². The quantitative estimate of drug-likeness (QED) is 0.569. The molecule has 0 aromatic heterocycles. The molecule has 0 bridgehead atoms. The molecule has 0 amide bonds. The highest BCUT2D eigenvalue weighted by Crippen LogP contribution is 2.22. The first-order valence-electron chi connectivity index (χ1n) is 4.48. The van der Waals surface area contributed by atoms with Gasteiger partial charge in [-0.2, -0.15) is 0 Å². The first-order chi connectivity index (χ1) is 6.63. The highest BCUT2D eigenvalue weighted by Gasteiger charge is 2.04. The third-order valence-electron chi connectivity index (χ3n) is 1.98. The number of hydrogen-bond acceptors (Lipinski definition) is 4. The molecular formula is C10H15NO3. The molecule has 78 valence electrons. The average molecular weight is 197 g/mol. The Hall–Kier alpha value is -1.26. The van der Waals surface area contributed by atoms with E-state index in [1.807, 2.05) is 6.92 Å². The maximum absolute atomic E-state index is 9.41. The molecule has 0 fully saturated rings. The van der Waals surface area contributed by atoms with Crippen LogP contribution in [0.5, 0.6) is 11.5 Å². The lowest BCUT2D eigenvalue weighted by molar-refractivity contribution is 0.250. The number of phenolic OH excluding ortho intramolecular Hbond substituents is 2. The van der Waals surface area contributed by atoms with Crippen LogP contribution in [0.2, 0.25) is 0 Å².